The molecule has 0 unspecified atom stereocenters. The van der Waals surface area contributed by atoms with Crippen molar-refractivity contribution in [2.45, 2.75) is 38.8 Å². The van der Waals surface area contributed by atoms with Gasteiger partial charge in [0.2, 0.25) is 5.91 Å². The van der Waals surface area contributed by atoms with Crippen LogP contribution in [-0.4, -0.2) is 73.1 Å². The van der Waals surface area contributed by atoms with Crippen LogP contribution < -0.4 is 5.32 Å². The van der Waals surface area contributed by atoms with Gasteiger partial charge in [-0.15, -0.1) is 0 Å². The van der Waals surface area contributed by atoms with Gasteiger partial charge in [0.25, 0.3) is 0 Å². The molecule has 2 heterocycles. The van der Waals surface area contributed by atoms with Crippen molar-refractivity contribution in [1.29, 1.82) is 0 Å². The molecule has 6 nitrogen and oxygen atoms in total. The lowest BCUT2D eigenvalue weighted by molar-refractivity contribution is -0.143. The minimum atomic E-state index is -0.0898. The second-order valence-corrected chi connectivity index (χ2v) is 5.66. The molecule has 0 aromatic rings. The van der Waals surface area contributed by atoms with E-state index in [0.717, 1.165) is 39.0 Å². The Bertz CT molecular complexity index is 354. The van der Waals surface area contributed by atoms with Crippen LogP contribution in [0.4, 0.5) is 0 Å². The molecular formula is C14H25N3O3. The molecule has 0 bridgehead atoms. The lowest BCUT2D eigenvalue weighted by Crippen LogP contribution is -2.53. The number of cyclic esters (lactones) is 1. The molecule has 2 saturated heterocycles. The molecule has 20 heavy (non-hydrogen) atoms. The number of nitrogens with one attached hydrogen (secondary N) is 1. The fourth-order valence-corrected chi connectivity index (χ4v) is 2.68. The number of carbonyl (C=O) groups excluding carboxylic acids is 2. The number of hydrogen-bond acceptors (Lipinski definition) is 5. The van der Waals surface area contributed by atoms with Gasteiger partial charge in [-0.2, -0.15) is 0 Å². The summed E-state index contributed by atoms with van der Waals surface area (Å²) in [6.45, 7) is 8.39. The van der Waals surface area contributed by atoms with E-state index in [1.807, 2.05) is 6.92 Å². The third kappa shape index (κ3) is 3.93. The Kier molecular flexibility index (Phi) is 5.37. The Morgan fingerprint density at radius 3 is 2.65 bits per heavy atom. The first-order chi connectivity index (χ1) is 9.60. The Morgan fingerprint density at radius 1 is 1.40 bits per heavy atom. The Morgan fingerprint density at radius 2 is 2.10 bits per heavy atom. The molecule has 2 aliphatic heterocycles. The molecule has 0 spiro atoms. The molecule has 114 valence electrons. The smallest absolute Gasteiger partial charge is 0.323 e. The van der Waals surface area contributed by atoms with Gasteiger partial charge in [0.15, 0.2) is 0 Å². The highest BCUT2D eigenvalue weighted by molar-refractivity contribution is 5.78. The minimum absolute atomic E-state index is 0.0638. The van der Waals surface area contributed by atoms with Crippen LogP contribution in [0.25, 0.3) is 0 Å². The van der Waals surface area contributed by atoms with E-state index in [0.29, 0.717) is 13.2 Å². The number of nitrogens with zero attached hydrogens (tertiary/aromatic N) is 2. The predicted molar refractivity (Wildman–Crippen MR) is 75.3 cm³/mol. The fourth-order valence-electron chi connectivity index (χ4n) is 2.68. The zero-order valence-corrected chi connectivity index (χ0v) is 12.4. The molecule has 1 N–H and O–H groups in total. The monoisotopic (exact) mass is 283 g/mol. The minimum Gasteiger partial charge on any atom is -0.464 e. The quantitative estimate of drug-likeness (QED) is 0.710. The average Bonchev–Trinajstić information content (AvgIpc) is 2.85. The van der Waals surface area contributed by atoms with Crippen LogP contribution in [0.5, 0.6) is 0 Å². The van der Waals surface area contributed by atoms with E-state index in [4.69, 9.17) is 4.74 Å². The predicted octanol–water partition coefficient (Wildman–Crippen LogP) is -0.166. The molecule has 0 radical (unpaired) electrons. The molecule has 6 heteroatoms. The highest BCUT2D eigenvalue weighted by atomic mass is 16.5. The van der Waals surface area contributed by atoms with Crippen LogP contribution in [0.3, 0.4) is 0 Å². The van der Waals surface area contributed by atoms with Gasteiger partial charge < -0.3 is 10.1 Å². The number of amides is 1. The van der Waals surface area contributed by atoms with Crippen LogP contribution in [0.15, 0.2) is 0 Å². The Balaban J connectivity index is 1.71. The van der Waals surface area contributed by atoms with Crippen LogP contribution >= 0.6 is 0 Å². The molecule has 0 aliphatic carbocycles. The first-order valence-electron chi connectivity index (χ1n) is 7.52. The summed E-state index contributed by atoms with van der Waals surface area (Å²) >= 11 is 0. The summed E-state index contributed by atoms with van der Waals surface area (Å²) in [5.74, 6) is 0.000963. The largest absolute Gasteiger partial charge is 0.464 e. The summed E-state index contributed by atoms with van der Waals surface area (Å²) in [7, 11) is 0. The Labute approximate surface area is 120 Å². The van der Waals surface area contributed by atoms with Crippen molar-refractivity contribution in [2.75, 3.05) is 39.3 Å². The summed E-state index contributed by atoms with van der Waals surface area (Å²) in [6, 6.07) is 0.170. The lowest BCUT2D eigenvalue weighted by atomic mass is 10.2. The van der Waals surface area contributed by atoms with Crippen molar-refractivity contribution in [3.8, 4) is 0 Å². The third-order valence-corrected chi connectivity index (χ3v) is 4.14. The van der Waals surface area contributed by atoms with Crippen LogP contribution in [0.1, 0.15) is 26.7 Å². The van der Waals surface area contributed by atoms with E-state index in [1.54, 1.807) is 0 Å². The van der Waals surface area contributed by atoms with Crippen molar-refractivity contribution >= 4 is 11.9 Å². The maximum Gasteiger partial charge on any atom is 0.323 e. The second-order valence-electron chi connectivity index (χ2n) is 5.66. The lowest BCUT2D eigenvalue weighted by Gasteiger charge is -2.36. The molecule has 2 rings (SSSR count). The van der Waals surface area contributed by atoms with Crippen molar-refractivity contribution < 1.29 is 14.3 Å². The maximum atomic E-state index is 11.8. The number of rotatable bonds is 5. The normalized spacial score (nSPS) is 26.3. The summed E-state index contributed by atoms with van der Waals surface area (Å²) in [5.41, 5.74) is 0. The first-order valence-corrected chi connectivity index (χ1v) is 7.52. The van der Waals surface area contributed by atoms with E-state index in [1.165, 1.54) is 0 Å². The molecule has 0 aromatic carbocycles. The third-order valence-electron chi connectivity index (χ3n) is 4.14. The van der Waals surface area contributed by atoms with Gasteiger partial charge in [0, 0.05) is 38.6 Å². The van der Waals surface area contributed by atoms with Crippen molar-refractivity contribution in [2.24, 2.45) is 0 Å². The van der Waals surface area contributed by atoms with Crippen LogP contribution in [-0.2, 0) is 14.3 Å². The molecular weight excluding hydrogens is 258 g/mol. The van der Waals surface area contributed by atoms with Gasteiger partial charge in [-0.25, -0.2) is 0 Å². The van der Waals surface area contributed by atoms with Crippen LogP contribution in [0.2, 0.25) is 0 Å². The van der Waals surface area contributed by atoms with Gasteiger partial charge in [-0.05, 0) is 13.3 Å². The van der Waals surface area contributed by atoms with Crippen molar-refractivity contribution in [3.05, 3.63) is 0 Å². The number of esters is 1. The van der Waals surface area contributed by atoms with Gasteiger partial charge in [0.1, 0.15) is 6.04 Å². The van der Waals surface area contributed by atoms with Crippen molar-refractivity contribution in [3.63, 3.8) is 0 Å². The van der Waals surface area contributed by atoms with E-state index >= 15 is 0 Å². The van der Waals surface area contributed by atoms with Crippen molar-refractivity contribution in [1.82, 2.24) is 15.1 Å². The Hall–Kier alpha value is -1.14. The van der Waals surface area contributed by atoms with Gasteiger partial charge in [-0.3, -0.25) is 19.4 Å². The highest BCUT2D eigenvalue weighted by Gasteiger charge is 2.34. The zero-order valence-electron chi connectivity index (χ0n) is 12.4. The molecule has 0 saturated carbocycles. The number of hydrogen-bond donors (Lipinski definition) is 1. The summed E-state index contributed by atoms with van der Waals surface area (Å²) in [6.07, 6.45) is 1.75. The molecule has 2 aliphatic rings. The summed E-state index contributed by atoms with van der Waals surface area (Å²) in [5, 5.41) is 2.98. The SMILES string of the molecule is CC[C@@H](C)NC(=O)CN1CCN([C@@H]2CCOC2=O)CC1. The maximum absolute atomic E-state index is 11.8. The molecule has 0 aromatic heterocycles. The van der Waals surface area contributed by atoms with Gasteiger partial charge >= 0.3 is 5.97 Å². The summed E-state index contributed by atoms with van der Waals surface area (Å²) < 4.78 is 5.01. The number of carbonyl (C=O) groups is 2. The molecule has 2 fully saturated rings. The fraction of sp³-hybridized carbons (Fsp3) is 0.857. The summed E-state index contributed by atoms with van der Waals surface area (Å²) in [4.78, 5) is 27.7. The van der Waals surface area contributed by atoms with Gasteiger partial charge in [0.05, 0.1) is 13.2 Å². The second kappa shape index (κ2) is 7.04. The van der Waals surface area contributed by atoms with E-state index in [-0.39, 0.29) is 24.0 Å². The first kappa shape index (κ1) is 15.3. The van der Waals surface area contributed by atoms with E-state index in [2.05, 4.69) is 22.0 Å². The standard InChI is InChI=1S/C14H25N3O3/c1-3-11(2)15-13(18)10-16-5-7-17(8-6-16)12-4-9-20-14(12)19/h11-12H,3-10H2,1-2H3,(H,15,18)/t11-,12-/m1/s1. The molecule has 1 amide bonds. The van der Waals surface area contributed by atoms with E-state index in [9.17, 15) is 9.59 Å². The van der Waals surface area contributed by atoms with Crippen LogP contribution in [0, 0.1) is 0 Å². The zero-order chi connectivity index (χ0) is 14.5. The average molecular weight is 283 g/mol. The topological polar surface area (TPSA) is 61.9 Å². The number of ether oxygens (including phenoxy) is 1. The van der Waals surface area contributed by atoms with E-state index < -0.39 is 0 Å². The van der Waals surface area contributed by atoms with Gasteiger partial charge in [-0.1, -0.05) is 6.92 Å². The molecule has 2 atom stereocenters. The number of piperazine rings is 1. The highest BCUT2D eigenvalue weighted by Crippen LogP contribution is 2.16.